The molecule has 0 heterocycles. The van der Waals surface area contributed by atoms with Gasteiger partial charge in [0.05, 0.1) is 0 Å². The van der Waals surface area contributed by atoms with Gasteiger partial charge < -0.3 is 15.7 Å². The van der Waals surface area contributed by atoms with E-state index in [1.165, 1.54) is 0 Å². The van der Waals surface area contributed by atoms with Crippen LogP contribution in [0.25, 0.3) is 0 Å². The third-order valence-electron chi connectivity index (χ3n) is 2.80. The molecule has 1 aromatic carbocycles. The van der Waals surface area contributed by atoms with Crippen molar-refractivity contribution in [2.75, 3.05) is 19.7 Å². The lowest BCUT2D eigenvalue weighted by Gasteiger charge is -2.07. The molecule has 1 aromatic rings. The minimum Gasteiger partial charge on any atom is -0.384 e. The Morgan fingerprint density at radius 1 is 1.29 bits per heavy atom. The Kier molecular flexibility index (Phi) is 6.99. The summed E-state index contributed by atoms with van der Waals surface area (Å²) < 4.78 is 0. The highest BCUT2D eigenvalue weighted by molar-refractivity contribution is 5.94. The second-order valence-corrected chi connectivity index (χ2v) is 4.45. The number of aliphatic hydroxyl groups excluding tert-OH is 1. The molecule has 0 spiro atoms. The van der Waals surface area contributed by atoms with Gasteiger partial charge in [0.15, 0.2) is 0 Å². The number of amides is 2. The largest absolute Gasteiger partial charge is 0.384 e. The average molecular weight is 288 g/mol. The number of carbonyl (C=O) groups excluding carboxylic acids is 2. The third kappa shape index (κ3) is 5.67. The van der Waals surface area contributed by atoms with Crippen LogP contribution in [0.15, 0.2) is 18.2 Å². The minimum atomic E-state index is -0.218. The maximum absolute atomic E-state index is 11.9. The number of nitrogens with one attached hydrogen (secondary N) is 2. The van der Waals surface area contributed by atoms with Gasteiger partial charge in [-0.1, -0.05) is 11.8 Å². The van der Waals surface area contributed by atoms with Crippen molar-refractivity contribution in [2.45, 2.75) is 20.3 Å². The number of rotatable bonds is 5. The van der Waals surface area contributed by atoms with Gasteiger partial charge in [0.2, 0.25) is 5.91 Å². The van der Waals surface area contributed by atoms with Crippen LogP contribution in [0.4, 0.5) is 0 Å². The van der Waals surface area contributed by atoms with Gasteiger partial charge in [0, 0.05) is 30.6 Å². The number of aliphatic hydroxyl groups is 1. The van der Waals surface area contributed by atoms with Crippen LogP contribution in [-0.2, 0) is 4.79 Å². The molecule has 5 heteroatoms. The Labute approximate surface area is 124 Å². The van der Waals surface area contributed by atoms with Crippen molar-refractivity contribution in [3.05, 3.63) is 34.9 Å². The zero-order chi connectivity index (χ0) is 15.7. The second-order valence-electron chi connectivity index (χ2n) is 4.45. The molecule has 0 fully saturated rings. The van der Waals surface area contributed by atoms with Crippen molar-refractivity contribution in [1.82, 2.24) is 10.6 Å². The van der Waals surface area contributed by atoms with Crippen LogP contribution >= 0.6 is 0 Å². The lowest BCUT2D eigenvalue weighted by atomic mass is 10.0. The summed E-state index contributed by atoms with van der Waals surface area (Å²) in [6.45, 7) is 4.40. The Balaban J connectivity index is 2.59. The normalized spacial score (nSPS) is 9.48. The van der Waals surface area contributed by atoms with Crippen LogP contribution in [-0.4, -0.2) is 36.6 Å². The van der Waals surface area contributed by atoms with Gasteiger partial charge in [-0.05, 0) is 37.6 Å². The molecule has 0 bridgehead atoms. The highest BCUT2D eigenvalue weighted by Gasteiger charge is 2.07. The molecular formula is C16H20N2O3. The molecule has 0 saturated carbocycles. The van der Waals surface area contributed by atoms with Crippen molar-refractivity contribution >= 4 is 11.8 Å². The first-order chi connectivity index (χ1) is 10.1. The van der Waals surface area contributed by atoms with Gasteiger partial charge in [-0.2, -0.15) is 0 Å². The van der Waals surface area contributed by atoms with Crippen LogP contribution in [0.5, 0.6) is 0 Å². The molecule has 2 amide bonds. The molecule has 1 rings (SSSR count). The first-order valence-corrected chi connectivity index (χ1v) is 6.83. The van der Waals surface area contributed by atoms with Gasteiger partial charge in [-0.25, -0.2) is 0 Å². The first-order valence-electron chi connectivity index (χ1n) is 6.83. The number of hydrogen-bond acceptors (Lipinski definition) is 3. The molecule has 0 aromatic heterocycles. The molecule has 0 aliphatic carbocycles. The third-order valence-corrected chi connectivity index (χ3v) is 2.80. The predicted octanol–water partition coefficient (Wildman–Crippen LogP) is 0.595. The van der Waals surface area contributed by atoms with Crippen LogP contribution in [0.3, 0.4) is 0 Å². The molecule has 0 radical (unpaired) electrons. The SMILES string of the molecule is CCNC(=O)CCNC(=O)c1ccc(C#CCO)c(C)c1. The summed E-state index contributed by atoms with van der Waals surface area (Å²) in [6.07, 6.45) is 0.263. The van der Waals surface area contributed by atoms with Gasteiger partial charge in [-0.3, -0.25) is 9.59 Å². The monoisotopic (exact) mass is 288 g/mol. The van der Waals surface area contributed by atoms with Crippen LogP contribution in [0.2, 0.25) is 0 Å². The summed E-state index contributed by atoms with van der Waals surface area (Å²) >= 11 is 0. The second kappa shape index (κ2) is 8.77. The van der Waals surface area contributed by atoms with Gasteiger partial charge in [-0.15, -0.1) is 0 Å². The highest BCUT2D eigenvalue weighted by Crippen LogP contribution is 2.10. The van der Waals surface area contributed by atoms with Gasteiger partial charge in [0.1, 0.15) is 6.61 Å². The lowest BCUT2D eigenvalue weighted by Crippen LogP contribution is -2.30. The molecule has 21 heavy (non-hydrogen) atoms. The maximum Gasteiger partial charge on any atom is 0.251 e. The van der Waals surface area contributed by atoms with Crippen molar-refractivity contribution < 1.29 is 14.7 Å². The van der Waals surface area contributed by atoms with Crippen LogP contribution in [0, 0.1) is 18.8 Å². The highest BCUT2D eigenvalue weighted by atomic mass is 16.2. The molecule has 0 unspecified atom stereocenters. The predicted molar refractivity (Wildman–Crippen MR) is 80.8 cm³/mol. The zero-order valence-corrected chi connectivity index (χ0v) is 12.3. The Morgan fingerprint density at radius 3 is 2.67 bits per heavy atom. The smallest absolute Gasteiger partial charge is 0.251 e. The van der Waals surface area contributed by atoms with Crippen LogP contribution < -0.4 is 10.6 Å². The molecular weight excluding hydrogens is 268 g/mol. The van der Waals surface area contributed by atoms with E-state index in [4.69, 9.17) is 5.11 Å². The van der Waals surface area contributed by atoms with Crippen molar-refractivity contribution in [2.24, 2.45) is 0 Å². The quantitative estimate of drug-likeness (QED) is 0.694. The summed E-state index contributed by atoms with van der Waals surface area (Å²) in [4.78, 5) is 23.2. The number of hydrogen-bond donors (Lipinski definition) is 3. The summed E-state index contributed by atoms with van der Waals surface area (Å²) in [7, 11) is 0. The fraction of sp³-hybridized carbons (Fsp3) is 0.375. The molecule has 0 saturated heterocycles. The van der Waals surface area contributed by atoms with E-state index in [1.807, 2.05) is 13.8 Å². The molecule has 0 aliphatic heterocycles. The minimum absolute atomic E-state index is 0.0800. The van der Waals surface area contributed by atoms with Crippen molar-refractivity contribution in [3.63, 3.8) is 0 Å². The summed E-state index contributed by atoms with van der Waals surface area (Å²) in [6, 6.07) is 5.16. The van der Waals surface area contributed by atoms with E-state index in [1.54, 1.807) is 18.2 Å². The van der Waals surface area contributed by atoms with Gasteiger partial charge >= 0.3 is 0 Å². The Bertz CT molecular complexity index is 571. The first kappa shape index (κ1) is 16.7. The molecule has 0 aliphatic rings. The lowest BCUT2D eigenvalue weighted by molar-refractivity contribution is -0.120. The topological polar surface area (TPSA) is 78.4 Å². The summed E-state index contributed by atoms with van der Waals surface area (Å²) in [5, 5.41) is 14.0. The van der Waals surface area contributed by atoms with E-state index in [2.05, 4.69) is 22.5 Å². The van der Waals surface area contributed by atoms with E-state index in [0.717, 1.165) is 11.1 Å². The van der Waals surface area contributed by atoms with Crippen molar-refractivity contribution in [1.29, 1.82) is 0 Å². The fourth-order valence-corrected chi connectivity index (χ4v) is 1.76. The Morgan fingerprint density at radius 2 is 2.05 bits per heavy atom. The van der Waals surface area contributed by atoms with E-state index >= 15 is 0 Å². The Hall–Kier alpha value is -2.32. The summed E-state index contributed by atoms with van der Waals surface area (Å²) in [5.74, 6) is 5.09. The maximum atomic E-state index is 11.9. The molecule has 5 nitrogen and oxygen atoms in total. The molecule has 0 atom stereocenters. The number of carbonyl (C=O) groups is 2. The van der Waals surface area contributed by atoms with E-state index in [9.17, 15) is 9.59 Å². The molecule has 3 N–H and O–H groups in total. The van der Waals surface area contributed by atoms with E-state index < -0.39 is 0 Å². The van der Waals surface area contributed by atoms with E-state index in [-0.39, 0.29) is 24.8 Å². The number of aryl methyl sites for hydroxylation is 1. The van der Waals surface area contributed by atoms with E-state index in [0.29, 0.717) is 18.7 Å². The van der Waals surface area contributed by atoms with Crippen LogP contribution in [0.1, 0.15) is 34.8 Å². The average Bonchev–Trinajstić information content (AvgIpc) is 2.46. The zero-order valence-electron chi connectivity index (χ0n) is 12.3. The standard InChI is InChI=1S/C16H20N2O3/c1-3-17-15(20)8-9-18-16(21)14-7-6-13(5-4-10-19)12(2)11-14/h6-7,11,19H,3,8-10H2,1-2H3,(H,17,20)(H,18,21). The van der Waals surface area contributed by atoms with Gasteiger partial charge in [0.25, 0.3) is 5.91 Å². The fourth-order valence-electron chi connectivity index (χ4n) is 1.76. The summed E-state index contributed by atoms with van der Waals surface area (Å²) in [5.41, 5.74) is 2.17. The number of benzene rings is 1. The molecule has 112 valence electrons. The van der Waals surface area contributed by atoms with Crippen molar-refractivity contribution in [3.8, 4) is 11.8 Å².